The van der Waals surface area contributed by atoms with Crippen LogP contribution in [0.25, 0.3) is 0 Å². The molecule has 0 radical (unpaired) electrons. The second-order valence-corrected chi connectivity index (χ2v) is 6.59. The van der Waals surface area contributed by atoms with E-state index in [-0.39, 0.29) is 6.04 Å². The average Bonchev–Trinajstić information content (AvgIpc) is 3.25. The topological polar surface area (TPSA) is 38.0 Å². The van der Waals surface area contributed by atoms with Crippen LogP contribution in [-0.4, -0.2) is 12.8 Å². The Balaban J connectivity index is 1.74. The van der Waals surface area contributed by atoms with Crippen LogP contribution < -0.4 is 9.75 Å². The predicted octanol–water partition coefficient (Wildman–Crippen LogP) is 5.26. The number of methoxy groups -OCH3 is 1. The Morgan fingerprint density at radius 2 is 1.77 bits per heavy atom. The third kappa shape index (κ3) is 2.99. The summed E-state index contributed by atoms with van der Waals surface area (Å²) in [5.41, 5.74) is 4.39. The molecule has 0 N–H and O–H groups in total. The molecule has 26 heavy (non-hydrogen) atoms. The Hall–Kier alpha value is -3.01. The predicted molar refractivity (Wildman–Crippen MR) is 104 cm³/mol. The lowest BCUT2D eigenvalue weighted by Gasteiger charge is -2.24. The van der Waals surface area contributed by atoms with E-state index in [2.05, 4.69) is 42.3 Å². The van der Waals surface area contributed by atoms with Crippen molar-refractivity contribution in [1.29, 1.82) is 0 Å². The Labute approximate surface area is 153 Å². The van der Waals surface area contributed by atoms with Crippen LogP contribution >= 0.6 is 0 Å². The van der Waals surface area contributed by atoms with Gasteiger partial charge in [-0.2, -0.15) is 5.10 Å². The van der Waals surface area contributed by atoms with Gasteiger partial charge in [0.25, 0.3) is 0 Å². The van der Waals surface area contributed by atoms with Gasteiger partial charge in [0.15, 0.2) is 5.76 Å². The van der Waals surface area contributed by atoms with Crippen molar-refractivity contribution in [2.24, 2.45) is 5.10 Å². The van der Waals surface area contributed by atoms with Crippen LogP contribution in [0.4, 0.5) is 5.69 Å². The van der Waals surface area contributed by atoms with Gasteiger partial charge in [-0.25, -0.2) is 0 Å². The summed E-state index contributed by atoms with van der Waals surface area (Å²) in [6.07, 6.45) is 0.801. The maximum atomic E-state index is 5.93. The van der Waals surface area contributed by atoms with E-state index in [1.54, 1.807) is 7.11 Å². The first-order valence-electron chi connectivity index (χ1n) is 8.79. The van der Waals surface area contributed by atoms with Crippen LogP contribution in [0.1, 0.15) is 35.1 Å². The molecule has 0 fully saturated rings. The van der Waals surface area contributed by atoms with Crippen LogP contribution in [0.2, 0.25) is 0 Å². The lowest BCUT2D eigenvalue weighted by atomic mass is 9.99. The number of ether oxygens (including phenoxy) is 1. The molecule has 0 bridgehead atoms. The van der Waals surface area contributed by atoms with E-state index in [1.807, 2.05) is 37.3 Å². The van der Waals surface area contributed by atoms with Gasteiger partial charge in [0.2, 0.25) is 0 Å². The minimum Gasteiger partial charge on any atom is -0.497 e. The van der Waals surface area contributed by atoms with Crippen LogP contribution in [0.5, 0.6) is 5.75 Å². The zero-order chi connectivity index (χ0) is 18.1. The molecule has 1 aliphatic rings. The number of hydrazone groups is 1. The summed E-state index contributed by atoms with van der Waals surface area (Å²) in [5.74, 6) is 2.66. The maximum Gasteiger partial charge on any atom is 0.153 e. The van der Waals surface area contributed by atoms with E-state index in [1.165, 1.54) is 5.56 Å². The molecule has 3 aromatic rings. The van der Waals surface area contributed by atoms with Gasteiger partial charge in [-0.1, -0.05) is 30.3 Å². The van der Waals surface area contributed by atoms with Crippen molar-refractivity contribution in [3.05, 3.63) is 83.3 Å². The van der Waals surface area contributed by atoms with E-state index in [9.17, 15) is 0 Å². The van der Waals surface area contributed by atoms with Crippen molar-refractivity contribution in [2.75, 3.05) is 12.1 Å². The standard InChI is InChI=1S/C22H22N2O2/c1-15-13-16(2)26-22(15)20-14-21(17-9-11-19(25-3)12-10-17)24(23-20)18-7-5-4-6-8-18/h4-13,21H,14H2,1-3H3. The summed E-state index contributed by atoms with van der Waals surface area (Å²) in [4.78, 5) is 0. The highest BCUT2D eigenvalue weighted by Crippen LogP contribution is 2.37. The Kier molecular flexibility index (Phi) is 4.25. The van der Waals surface area contributed by atoms with Crippen LogP contribution in [0, 0.1) is 13.8 Å². The molecule has 0 amide bonds. The Morgan fingerprint density at radius 3 is 2.38 bits per heavy atom. The molecule has 1 aliphatic heterocycles. The van der Waals surface area contributed by atoms with E-state index in [0.29, 0.717) is 0 Å². The van der Waals surface area contributed by atoms with Crippen molar-refractivity contribution in [3.63, 3.8) is 0 Å². The second kappa shape index (κ2) is 6.71. The monoisotopic (exact) mass is 346 g/mol. The molecule has 4 rings (SSSR count). The Morgan fingerprint density at radius 1 is 1.04 bits per heavy atom. The summed E-state index contributed by atoms with van der Waals surface area (Å²) in [7, 11) is 1.68. The number of hydrogen-bond acceptors (Lipinski definition) is 4. The molecule has 0 aliphatic carbocycles. The van der Waals surface area contributed by atoms with Gasteiger partial charge in [0.1, 0.15) is 17.2 Å². The molecule has 2 heterocycles. The van der Waals surface area contributed by atoms with Crippen LogP contribution in [-0.2, 0) is 0 Å². The number of furan rings is 1. The maximum absolute atomic E-state index is 5.93. The van der Waals surface area contributed by atoms with E-state index < -0.39 is 0 Å². The highest BCUT2D eigenvalue weighted by atomic mass is 16.5. The molecule has 0 saturated heterocycles. The molecule has 0 spiro atoms. The minimum absolute atomic E-state index is 0.128. The van der Waals surface area contributed by atoms with E-state index in [4.69, 9.17) is 14.3 Å². The molecule has 1 atom stereocenters. The SMILES string of the molecule is COc1ccc(C2CC(c3oc(C)cc3C)=NN2c2ccccc2)cc1. The van der Waals surface area contributed by atoms with Crippen molar-refractivity contribution >= 4 is 11.4 Å². The first-order chi connectivity index (χ1) is 12.7. The smallest absolute Gasteiger partial charge is 0.153 e. The van der Waals surface area contributed by atoms with Gasteiger partial charge in [-0.05, 0) is 55.3 Å². The average molecular weight is 346 g/mol. The fourth-order valence-corrected chi connectivity index (χ4v) is 3.48. The molecule has 1 unspecified atom stereocenters. The van der Waals surface area contributed by atoms with Crippen LogP contribution in [0.15, 0.2) is 70.2 Å². The van der Waals surface area contributed by atoms with Gasteiger partial charge >= 0.3 is 0 Å². The molecular formula is C22H22N2O2. The van der Waals surface area contributed by atoms with Gasteiger partial charge in [-0.15, -0.1) is 0 Å². The molecule has 0 saturated carbocycles. The highest BCUT2D eigenvalue weighted by molar-refractivity contribution is 6.02. The van der Waals surface area contributed by atoms with Crippen molar-refractivity contribution in [3.8, 4) is 5.75 Å². The number of rotatable bonds is 4. The van der Waals surface area contributed by atoms with E-state index in [0.717, 1.165) is 40.7 Å². The number of hydrogen-bond donors (Lipinski definition) is 0. The first kappa shape index (κ1) is 16.5. The minimum atomic E-state index is 0.128. The molecular weight excluding hydrogens is 324 g/mol. The molecule has 132 valence electrons. The number of aryl methyl sites for hydroxylation is 2. The summed E-state index contributed by atoms with van der Waals surface area (Å²) in [5, 5.41) is 7.02. The summed E-state index contributed by atoms with van der Waals surface area (Å²) >= 11 is 0. The largest absolute Gasteiger partial charge is 0.497 e. The van der Waals surface area contributed by atoms with Gasteiger partial charge < -0.3 is 9.15 Å². The van der Waals surface area contributed by atoms with Crippen LogP contribution in [0.3, 0.4) is 0 Å². The second-order valence-electron chi connectivity index (χ2n) is 6.59. The van der Waals surface area contributed by atoms with Crippen molar-refractivity contribution in [2.45, 2.75) is 26.3 Å². The molecule has 4 nitrogen and oxygen atoms in total. The van der Waals surface area contributed by atoms with Crippen molar-refractivity contribution < 1.29 is 9.15 Å². The van der Waals surface area contributed by atoms with Gasteiger partial charge in [-0.3, -0.25) is 5.01 Å². The highest BCUT2D eigenvalue weighted by Gasteiger charge is 2.31. The lowest BCUT2D eigenvalue weighted by molar-refractivity contribution is 0.414. The summed E-state index contributed by atoms with van der Waals surface area (Å²) in [6, 6.07) is 20.7. The fraction of sp³-hybridized carbons (Fsp3) is 0.227. The Bertz CT molecular complexity index is 927. The summed E-state index contributed by atoms with van der Waals surface area (Å²) in [6.45, 7) is 4.05. The molecule has 4 heteroatoms. The summed E-state index contributed by atoms with van der Waals surface area (Å²) < 4.78 is 11.2. The fourth-order valence-electron chi connectivity index (χ4n) is 3.48. The third-order valence-corrected chi connectivity index (χ3v) is 4.73. The number of nitrogens with zero attached hydrogens (tertiary/aromatic N) is 2. The number of para-hydroxylation sites is 1. The molecule has 1 aromatic heterocycles. The zero-order valence-electron chi connectivity index (χ0n) is 15.3. The molecule has 2 aromatic carbocycles. The zero-order valence-corrected chi connectivity index (χ0v) is 15.3. The van der Waals surface area contributed by atoms with Crippen molar-refractivity contribution in [1.82, 2.24) is 0 Å². The lowest BCUT2D eigenvalue weighted by Crippen LogP contribution is -2.18. The normalized spacial score (nSPS) is 16.7. The number of anilines is 1. The quantitative estimate of drug-likeness (QED) is 0.646. The van der Waals surface area contributed by atoms with Gasteiger partial charge in [0, 0.05) is 6.42 Å². The van der Waals surface area contributed by atoms with Gasteiger partial charge in [0.05, 0.1) is 18.8 Å². The first-order valence-corrected chi connectivity index (χ1v) is 8.79. The third-order valence-electron chi connectivity index (χ3n) is 4.73. The number of benzene rings is 2. The van der Waals surface area contributed by atoms with E-state index >= 15 is 0 Å².